The molecule has 126 valence electrons. The summed E-state index contributed by atoms with van der Waals surface area (Å²) >= 11 is 0. The van der Waals surface area contributed by atoms with E-state index in [1.807, 2.05) is 0 Å². The largest absolute Gasteiger partial charge is 0.369 e. The fourth-order valence-corrected chi connectivity index (χ4v) is 3.51. The molecule has 0 aromatic heterocycles. The summed E-state index contributed by atoms with van der Waals surface area (Å²) in [4.78, 5) is 17.0. The van der Waals surface area contributed by atoms with Crippen LogP contribution in [-0.2, 0) is 4.79 Å². The normalized spacial score (nSPS) is 23.7. The van der Waals surface area contributed by atoms with E-state index in [0.717, 1.165) is 52.1 Å². The Balaban J connectivity index is 1.40. The molecule has 1 aromatic carbocycles. The van der Waals surface area contributed by atoms with Crippen molar-refractivity contribution < 1.29 is 4.79 Å². The van der Waals surface area contributed by atoms with E-state index in [9.17, 15) is 4.79 Å². The van der Waals surface area contributed by atoms with Crippen molar-refractivity contribution in [2.24, 2.45) is 0 Å². The minimum absolute atomic E-state index is 0.0207. The molecular formula is C18H28N4O. The van der Waals surface area contributed by atoms with Gasteiger partial charge < -0.3 is 15.5 Å². The molecule has 0 spiro atoms. The predicted octanol–water partition coefficient (Wildman–Crippen LogP) is 1.07. The highest BCUT2D eigenvalue weighted by molar-refractivity contribution is 5.82. The van der Waals surface area contributed by atoms with Crippen molar-refractivity contribution in [3.8, 4) is 0 Å². The third-order valence-corrected chi connectivity index (χ3v) is 4.79. The number of hydrogen-bond donors (Lipinski definition) is 2. The lowest BCUT2D eigenvalue weighted by Gasteiger charge is -2.37. The van der Waals surface area contributed by atoms with Crippen molar-refractivity contribution in [1.82, 2.24) is 15.5 Å². The number of nitrogens with one attached hydrogen (secondary N) is 2. The summed E-state index contributed by atoms with van der Waals surface area (Å²) in [5.74, 6) is 0.165. The van der Waals surface area contributed by atoms with E-state index in [-0.39, 0.29) is 18.0 Å². The molecule has 2 atom stereocenters. The Bertz CT molecular complexity index is 493. The number of nitrogens with zero attached hydrogens (tertiary/aromatic N) is 2. The first-order valence-electron chi connectivity index (χ1n) is 8.78. The Morgan fingerprint density at radius 1 is 1.26 bits per heavy atom. The number of amides is 1. The van der Waals surface area contributed by atoms with Gasteiger partial charge in [0.05, 0.1) is 6.04 Å². The summed E-state index contributed by atoms with van der Waals surface area (Å²) in [7, 11) is 0. The molecule has 23 heavy (non-hydrogen) atoms. The summed E-state index contributed by atoms with van der Waals surface area (Å²) in [6.45, 7) is 8.21. The molecule has 0 aliphatic carbocycles. The molecule has 1 amide bonds. The van der Waals surface area contributed by atoms with Crippen molar-refractivity contribution >= 4 is 11.6 Å². The molecule has 5 nitrogen and oxygen atoms in total. The molecular weight excluding hydrogens is 288 g/mol. The van der Waals surface area contributed by atoms with Crippen LogP contribution < -0.4 is 15.5 Å². The lowest BCUT2D eigenvalue weighted by molar-refractivity contribution is -0.123. The molecule has 0 saturated carbocycles. The Hall–Kier alpha value is -1.59. The molecule has 0 bridgehead atoms. The summed E-state index contributed by atoms with van der Waals surface area (Å²) < 4.78 is 0. The minimum atomic E-state index is 0.0207. The van der Waals surface area contributed by atoms with Crippen LogP contribution in [0.4, 0.5) is 5.69 Å². The number of hydrogen-bond acceptors (Lipinski definition) is 4. The van der Waals surface area contributed by atoms with Crippen LogP contribution in [0.2, 0.25) is 0 Å². The molecule has 3 rings (SSSR count). The van der Waals surface area contributed by atoms with Crippen LogP contribution in [0.15, 0.2) is 30.3 Å². The van der Waals surface area contributed by atoms with Crippen molar-refractivity contribution in [3.05, 3.63) is 30.3 Å². The number of carbonyl (C=O) groups is 1. The third-order valence-electron chi connectivity index (χ3n) is 4.79. The second-order valence-electron chi connectivity index (χ2n) is 6.68. The Kier molecular flexibility index (Phi) is 5.51. The van der Waals surface area contributed by atoms with Gasteiger partial charge in [0.1, 0.15) is 0 Å². The monoisotopic (exact) mass is 316 g/mol. The molecule has 2 aliphatic rings. The second kappa shape index (κ2) is 7.79. The van der Waals surface area contributed by atoms with Crippen molar-refractivity contribution in [2.45, 2.75) is 31.8 Å². The minimum Gasteiger partial charge on any atom is -0.369 e. The van der Waals surface area contributed by atoms with Crippen LogP contribution in [0.5, 0.6) is 0 Å². The maximum absolute atomic E-state index is 12.1. The first-order valence-corrected chi connectivity index (χ1v) is 8.78. The van der Waals surface area contributed by atoms with Crippen LogP contribution in [0, 0.1) is 0 Å². The molecule has 2 unspecified atom stereocenters. The summed E-state index contributed by atoms with van der Waals surface area (Å²) in [5, 5.41) is 6.41. The van der Waals surface area contributed by atoms with Gasteiger partial charge >= 0.3 is 0 Å². The molecule has 2 fully saturated rings. The Labute approximate surface area is 139 Å². The zero-order valence-corrected chi connectivity index (χ0v) is 14.0. The van der Waals surface area contributed by atoms with Gasteiger partial charge in [-0.05, 0) is 38.4 Å². The van der Waals surface area contributed by atoms with Crippen LogP contribution in [0.1, 0.15) is 19.8 Å². The van der Waals surface area contributed by atoms with Gasteiger partial charge in [-0.3, -0.25) is 9.69 Å². The lowest BCUT2D eigenvalue weighted by Crippen LogP contribution is -2.52. The van der Waals surface area contributed by atoms with Crippen molar-refractivity contribution in [2.75, 3.05) is 44.2 Å². The number of carbonyl (C=O) groups excluding carboxylic acids is 1. The van der Waals surface area contributed by atoms with Crippen LogP contribution in [0.3, 0.4) is 0 Å². The van der Waals surface area contributed by atoms with Gasteiger partial charge in [0.25, 0.3) is 0 Å². The van der Waals surface area contributed by atoms with E-state index < -0.39 is 0 Å². The van der Waals surface area contributed by atoms with E-state index >= 15 is 0 Å². The van der Waals surface area contributed by atoms with E-state index in [1.165, 1.54) is 5.69 Å². The Morgan fingerprint density at radius 3 is 2.65 bits per heavy atom. The third kappa shape index (κ3) is 4.45. The average Bonchev–Trinajstić information content (AvgIpc) is 3.11. The SMILES string of the molecule is CC(CN1CCN(c2ccccc2)CC1)NC(=O)C1CCCN1. The van der Waals surface area contributed by atoms with Crippen LogP contribution in [0.25, 0.3) is 0 Å². The fourth-order valence-electron chi connectivity index (χ4n) is 3.51. The fraction of sp³-hybridized carbons (Fsp3) is 0.611. The molecule has 2 saturated heterocycles. The molecule has 5 heteroatoms. The van der Waals surface area contributed by atoms with E-state index in [4.69, 9.17) is 0 Å². The highest BCUT2D eigenvalue weighted by atomic mass is 16.2. The standard InChI is InChI=1S/C18H28N4O/c1-15(20-18(23)17-8-5-9-19-17)14-21-10-12-22(13-11-21)16-6-3-2-4-7-16/h2-4,6-7,15,17,19H,5,8-14H2,1H3,(H,20,23). The van der Waals surface area contributed by atoms with Crippen LogP contribution >= 0.6 is 0 Å². The van der Waals surface area contributed by atoms with Gasteiger partial charge in [-0.15, -0.1) is 0 Å². The molecule has 1 aromatic rings. The maximum atomic E-state index is 12.1. The summed E-state index contributed by atoms with van der Waals surface area (Å²) in [5.41, 5.74) is 1.31. The van der Waals surface area contributed by atoms with Gasteiger partial charge in [0.2, 0.25) is 5.91 Å². The van der Waals surface area contributed by atoms with Gasteiger partial charge in [-0.25, -0.2) is 0 Å². The highest BCUT2D eigenvalue weighted by Crippen LogP contribution is 2.15. The molecule has 2 N–H and O–H groups in total. The van der Waals surface area contributed by atoms with E-state index in [1.54, 1.807) is 0 Å². The molecule has 2 heterocycles. The van der Waals surface area contributed by atoms with Gasteiger partial charge in [0.15, 0.2) is 0 Å². The van der Waals surface area contributed by atoms with Crippen LogP contribution in [-0.4, -0.2) is 62.2 Å². The van der Waals surface area contributed by atoms with E-state index in [0.29, 0.717) is 0 Å². The number of benzene rings is 1. The number of rotatable bonds is 5. The predicted molar refractivity (Wildman–Crippen MR) is 93.7 cm³/mol. The van der Waals surface area contributed by atoms with Gasteiger partial charge in [-0.1, -0.05) is 18.2 Å². The first-order chi connectivity index (χ1) is 11.2. The number of para-hydroxylation sites is 1. The molecule has 2 aliphatic heterocycles. The molecule has 0 radical (unpaired) electrons. The van der Waals surface area contributed by atoms with Gasteiger partial charge in [0, 0.05) is 44.5 Å². The quantitative estimate of drug-likeness (QED) is 0.853. The zero-order chi connectivity index (χ0) is 16.1. The topological polar surface area (TPSA) is 47.6 Å². The lowest BCUT2D eigenvalue weighted by atomic mass is 10.2. The smallest absolute Gasteiger partial charge is 0.237 e. The summed E-state index contributed by atoms with van der Waals surface area (Å²) in [6, 6.07) is 10.8. The van der Waals surface area contributed by atoms with E-state index in [2.05, 4.69) is 57.7 Å². The zero-order valence-electron chi connectivity index (χ0n) is 14.0. The summed E-state index contributed by atoms with van der Waals surface area (Å²) in [6.07, 6.45) is 2.07. The van der Waals surface area contributed by atoms with Gasteiger partial charge in [-0.2, -0.15) is 0 Å². The number of piperazine rings is 1. The first kappa shape index (κ1) is 16.3. The van der Waals surface area contributed by atoms with Crippen molar-refractivity contribution in [1.29, 1.82) is 0 Å². The van der Waals surface area contributed by atoms with Crippen molar-refractivity contribution in [3.63, 3.8) is 0 Å². The second-order valence-corrected chi connectivity index (χ2v) is 6.68. The maximum Gasteiger partial charge on any atom is 0.237 e. The average molecular weight is 316 g/mol. The highest BCUT2D eigenvalue weighted by Gasteiger charge is 2.24. The Morgan fingerprint density at radius 2 is 2.00 bits per heavy atom. The number of anilines is 1.